The minimum absolute atomic E-state index is 0.120. The quantitative estimate of drug-likeness (QED) is 0.809. The Kier molecular flexibility index (Phi) is 5.58. The number of nitrogens with zero attached hydrogens (tertiary/aromatic N) is 3. The van der Waals surface area contributed by atoms with E-state index in [1.54, 1.807) is 7.11 Å². The first kappa shape index (κ1) is 17.3. The molecule has 0 N–H and O–H groups in total. The van der Waals surface area contributed by atoms with Crippen molar-refractivity contribution in [3.63, 3.8) is 0 Å². The van der Waals surface area contributed by atoms with Crippen LogP contribution in [-0.4, -0.2) is 46.9 Å². The fourth-order valence-electron chi connectivity index (χ4n) is 3.07. The molecule has 0 bridgehead atoms. The van der Waals surface area contributed by atoms with Crippen LogP contribution < -0.4 is 9.47 Å². The number of amides is 1. The first-order chi connectivity index (χ1) is 12.2. The van der Waals surface area contributed by atoms with E-state index >= 15 is 0 Å². The van der Waals surface area contributed by atoms with Crippen molar-refractivity contribution in [3.8, 4) is 11.5 Å². The third kappa shape index (κ3) is 4.53. The van der Waals surface area contributed by atoms with Crippen LogP contribution in [0.4, 0.5) is 0 Å². The average Bonchev–Trinajstić information content (AvgIpc) is 3.06. The molecule has 1 fully saturated rings. The molecule has 0 radical (unpaired) electrons. The van der Waals surface area contributed by atoms with Crippen LogP contribution in [0.2, 0.25) is 0 Å². The van der Waals surface area contributed by atoms with Gasteiger partial charge in [0.1, 0.15) is 6.10 Å². The summed E-state index contributed by atoms with van der Waals surface area (Å²) in [7, 11) is 1.64. The van der Waals surface area contributed by atoms with Gasteiger partial charge in [0.2, 0.25) is 5.91 Å². The third-order valence-corrected chi connectivity index (χ3v) is 4.49. The van der Waals surface area contributed by atoms with Crippen molar-refractivity contribution in [2.45, 2.75) is 38.8 Å². The van der Waals surface area contributed by atoms with E-state index < -0.39 is 0 Å². The molecule has 3 rings (SSSR count). The number of likely N-dealkylation sites (tertiary alicyclic amines) is 1. The molecule has 25 heavy (non-hydrogen) atoms. The first-order valence-corrected chi connectivity index (χ1v) is 8.73. The smallest absolute Gasteiger partial charge is 0.224 e. The number of ether oxygens (including phenoxy) is 2. The molecule has 1 aliphatic heterocycles. The van der Waals surface area contributed by atoms with E-state index in [0.29, 0.717) is 13.0 Å². The standard InChI is InChI=1S/C19H25N3O3/c1-15-7-13-22(20-15)14-10-19(23)21-11-8-16(9-12-21)25-18-6-4-3-5-17(18)24-2/h3-7,13,16H,8-12,14H2,1-2H3. The van der Waals surface area contributed by atoms with Gasteiger partial charge in [-0.05, 0) is 25.1 Å². The van der Waals surface area contributed by atoms with Crippen molar-refractivity contribution in [1.29, 1.82) is 0 Å². The highest BCUT2D eigenvalue weighted by Gasteiger charge is 2.24. The van der Waals surface area contributed by atoms with Crippen LogP contribution in [-0.2, 0) is 11.3 Å². The Morgan fingerprint density at radius 2 is 1.92 bits per heavy atom. The number of carbonyl (C=O) groups excluding carboxylic acids is 1. The second kappa shape index (κ2) is 8.05. The number of aromatic nitrogens is 2. The number of piperidine rings is 1. The van der Waals surface area contributed by atoms with Crippen LogP contribution >= 0.6 is 0 Å². The predicted molar refractivity (Wildman–Crippen MR) is 94.8 cm³/mol. The topological polar surface area (TPSA) is 56.6 Å². The average molecular weight is 343 g/mol. The zero-order valence-corrected chi connectivity index (χ0v) is 14.9. The maximum Gasteiger partial charge on any atom is 0.224 e. The van der Waals surface area contributed by atoms with E-state index in [0.717, 1.165) is 43.1 Å². The van der Waals surface area contributed by atoms with Crippen molar-refractivity contribution < 1.29 is 14.3 Å². The van der Waals surface area contributed by atoms with E-state index in [1.807, 2.05) is 53.0 Å². The Morgan fingerprint density at radius 1 is 1.20 bits per heavy atom. The number of para-hydroxylation sites is 2. The molecular weight excluding hydrogens is 318 g/mol. The number of hydrogen-bond acceptors (Lipinski definition) is 4. The molecule has 0 saturated carbocycles. The van der Waals surface area contributed by atoms with E-state index in [2.05, 4.69) is 5.10 Å². The summed E-state index contributed by atoms with van der Waals surface area (Å²) >= 11 is 0. The Morgan fingerprint density at radius 3 is 2.56 bits per heavy atom. The van der Waals surface area contributed by atoms with Crippen molar-refractivity contribution in [1.82, 2.24) is 14.7 Å². The summed E-state index contributed by atoms with van der Waals surface area (Å²) < 4.78 is 13.2. The highest BCUT2D eigenvalue weighted by atomic mass is 16.5. The van der Waals surface area contributed by atoms with E-state index in [4.69, 9.17) is 9.47 Å². The summed E-state index contributed by atoms with van der Waals surface area (Å²) in [5.74, 6) is 1.70. The number of carbonyl (C=O) groups is 1. The van der Waals surface area contributed by atoms with Crippen LogP contribution in [0.1, 0.15) is 25.0 Å². The van der Waals surface area contributed by atoms with Gasteiger partial charge in [-0.25, -0.2) is 0 Å². The summed E-state index contributed by atoms with van der Waals surface area (Å²) in [6.45, 7) is 4.04. The summed E-state index contributed by atoms with van der Waals surface area (Å²) in [4.78, 5) is 14.3. The Bertz CT molecular complexity index is 705. The lowest BCUT2D eigenvalue weighted by Gasteiger charge is -2.32. The molecule has 0 spiro atoms. The van der Waals surface area contributed by atoms with Gasteiger partial charge < -0.3 is 14.4 Å². The van der Waals surface area contributed by atoms with Crippen molar-refractivity contribution in [3.05, 3.63) is 42.2 Å². The molecule has 6 heteroatoms. The molecule has 0 aliphatic carbocycles. The zero-order chi connectivity index (χ0) is 17.6. The van der Waals surface area contributed by atoms with Gasteiger partial charge in [-0.15, -0.1) is 0 Å². The molecule has 6 nitrogen and oxygen atoms in total. The van der Waals surface area contributed by atoms with Crippen LogP contribution in [0.15, 0.2) is 36.5 Å². The highest BCUT2D eigenvalue weighted by Crippen LogP contribution is 2.29. The van der Waals surface area contributed by atoms with Crippen LogP contribution in [0.5, 0.6) is 11.5 Å². The Hall–Kier alpha value is -2.50. The summed E-state index contributed by atoms with van der Waals surface area (Å²) in [6, 6.07) is 9.63. The first-order valence-electron chi connectivity index (χ1n) is 8.73. The minimum atomic E-state index is 0.120. The highest BCUT2D eigenvalue weighted by molar-refractivity contribution is 5.76. The normalized spacial score (nSPS) is 15.2. The van der Waals surface area contributed by atoms with Crippen LogP contribution in [0.25, 0.3) is 0 Å². The Balaban J connectivity index is 1.45. The summed E-state index contributed by atoms with van der Waals surface area (Å²) in [6.07, 6.45) is 4.19. The van der Waals surface area contributed by atoms with Gasteiger partial charge in [0.25, 0.3) is 0 Å². The molecule has 0 atom stereocenters. The fourth-order valence-corrected chi connectivity index (χ4v) is 3.07. The lowest BCUT2D eigenvalue weighted by atomic mass is 10.1. The number of aryl methyl sites for hydroxylation is 2. The van der Waals surface area contributed by atoms with E-state index in [1.165, 1.54) is 0 Å². The summed E-state index contributed by atoms with van der Waals surface area (Å²) in [5.41, 5.74) is 0.974. The molecule has 1 aromatic carbocycles. The van der Waals surface area contributed by atoms with Crippen molar-refractivity contribution in [2.75, 3.05) is 20.2 Å². The van der Waals surface area contributed by atoms with Crippen molar-refractivity contribution in [2.24, 2.45) is 0 Å². The van der Waals surface area contributed by atoms with E-state index in [-0.39, 0.29) is 12.0 Å². The number of rotatable bonds is 6. The second-order valence-electron chi connectivity index (χ2n) is 6.32. The molecule has 1 aliphatic rings. The van der Waals surface area contributed by atoms with Gasteiger partial charge in [-0.2, -0.15) is 5.10 Å². The molecule has 2 heterocycles. The van der Waals surface area contributed by atoms with Gasteiger partial charge in [-0.3, -0.25) is 9.48 Å². The second-order valence-corrected chi connectivity index (χ2v) is 6.32. The number of hydrogen-bond donors (Lipinski definition) is 0. The number of methoxy groups -OCH3 is 1. The van der Waals surface area contributed by atoms with Gasteiger partial charge in [-0.1, -0.05) is 12.1 Å². The molecule has 134 valence electrons. The SMILES string of the molecule is COc1ccccc1OC1CCN(C(=O)CCn2ccc(C)n2)CC1. The fraction of sp³-hybridized carbons (Fsp3) is 0.474. The maximum absolute atomic E-state index is 12.4. The van der Waals surface area contributed by atoms with Crippen LogP contribution in [0, 0.1) is 6.92 Å². The molecule has 1 aromatic heterocycles. The Labute approximate surface area is 148 Å². The predicted octanol–water partition coefficient (Wildman–Crippen LogP) is 2.66. The number of benzene rings is 1. The molecular formula is C19H25N3O3. The molecule has 2 aromatic rings. The molecule has 1 saturated heterocycles. The van der Waals surface area contributed by atoms with E-state index in [9.17, 15) is 4.79 Å². The third-order valence-electron chi connectivity index (χ3n) is 4.49. The van der Waals surface area contributed by atoms with Gasteiger partial charge in [0.05, 0.1) is 12.8 Å². The maximum atomic E-state index is 12.4. The van der Waals surface area contributed by atoms with Gasteiger partial charge in [0, 0.05) is 45.1 Å². The minimum Gasteiger partial charge on any atom is -0.493 e. The van der Waals surface area contributed by atoms with Crippen LogP contribution in [0.3, 0.4) is 0 Å². The summed E-state index contributed by atoms with van der Waals surface area (Å²) in [5, 5.41) is 4.32. The molecule has 0 unspecified atom stereocenters. The zero-order valence-electron chi connectivity index (χ0n) is 14.9. The molecule has 1 amide bonds. The van der Waals surface area contributed by atoms with Gasteiger partial charge in [0.15, 0.2) is 11.5 Å². The largest absolute Gasteiger partial charge is 0.493 e. The lowest BCUT2D eigenvalue weighted by molar-refractivity contribution is -0.133. The van der Waals surface area contributed by atoms with Crippen molar-refractivity contribution >= 4 is 5.91 Å². The van der Waals surface area contributed by atoms with Gasteiger partial charge >= 0.3 is 0 Å². The monoisotopic (exact) mass is 343 g/mol. The lowest BCUT2D eigenvalue weighted by Crippen LogP contribution is -2.42.